The summed E-state index contributed by atoms with van der Waals surface area (Å²) in [5.41, 5.74) is 1.87. The summed E-state index contributed by atoms with van der Waals surface area (Å²) in [5, 5.41) is 0.939. The summed E-state index contributed by atoms with van der Waals surface area (Å²) in [4.78, 5) is 18.6. The van der Waals surface area contributed by atoms with Crippen molar-refractivity contribution in [2.75, 3.05) is 13.1 Å². The number of fused-ring (bicyclic) bond motifs is 1. The maximum Gasteiger partial charge on any atom is 0.415 e. The quantitative estimate of drug-likeness (QED) is 0.625. The Bertz CT molecular complexity index is 915. The number of carbonyl (C=O) groups is 1. The molecule has 27 heavy (non-hydrogen) atoms. The molecule has 140 valence electrons. The molecule has 3 aromatic rings. The van der Waals surface area contributed by atoms with Gasteiger partial charge < -0.3 is 14.4 Å². The molecule has 0 saturated carbocycles. The van der Waals surface area contributed by atoms with E-state index >= 15 is 0 Å². The van der Waals surface area contributed by atoms with Crippen LogP contribution in [0.15, 0.2) is 42.5 Å². The van der Waals surface area contributed by atoms with E-state index in [0.29, 0.717) is 12.4 Å². The zero-order valence-corrected chi connectivity index (χ0v) is 16.1. The van der Waals surface area contributed by atoms with Gasteiger partial charge in [-0.05, 0) is 62.1 Å². The fraction of sp³-hybridized carbons (Fsp3) is 0.333. The van der Waals surface area contributed by atoms with E-state index in [1.165, 1.54) is 6.42 Å². The van der Waals surface area contributed by atoms with Crippen molar-refractivity contribution in [3.05, 3.63) is 53.0 Å². The minimum absolute atomic E-state index is 0.263. The molecule has 4 rings (SSSR count). The highest BCUT2D eigenvalue weighted by Gasteiger charge is 2.19. The number of amides is 1. The van der Waals surface area contributed by atoms with Crippen molar-refractivity contribution in [3.63, 3.8) is 0 Å². The molecule has 5 nitrogen and oxygen atoms in total. The Morgan fingerprint density at radius 3 is 2.74 bits per heavy atom. The average molecular weight is 382 g/mol. The largest absolute Gasteiger partial charge is 0.486 e. The van der Waals surface area contributed by atoms with Crippen LogP contribution < -0.4 is 9.47 Å². The first kappa shape index (κ1) is 17.8. The number of aryl methyl sites for hydroxylation is 1. The standard InChI is InChI=1S/C21H22N2O3S/c1-15-13-16(25-14-20-22-17-7-3-4-8-19(17)27-20)9-10-18(15)26-21(24)23-11-5-2-6-12-23/h3-4,7-10,13H,2,5-6,11-12,14H2,1H3. The van der Waals surface area contributed by atoms with E-state index in [1.807, 2.05) is 37.3 Å². The summed E-state index contributed by atoms with van der Waals surface area (Å²) < 4.78 is 12.6. The predicted molar refractivity (Wildman–Crippen MR) is 107 cm³/mol. The smallest absolute Gasteiger partial charge is 0.415 e. The highest BCUT2D eigenvalue weighted by molar-refractivity contribution is 7.18. The second-order valence-electron chi connectivity index (χ2n) is 6.71. The number of hydrogen-bond donors (Lipinski definition) is 0. The van der Waals surface area contributed by atoms with E-state index in [-0.39, 0.29) is 6.09 Å². The monoisotopic (exact) mass is 382 g/mol. The summed E-state index contributed by atoms with van der Waals surface area (Å²) in [7, 11) is 0. The number of benzene rings is 2. The molecule has 0 radical (unpaired) electrons. The van der Waals surface area contributed by atoms with E-state index < -0.39 is 0 Å². The van der Waals surface area contributed by atoms with E-state index in [0.717, 1.165) is 52.5 Å². The molecule has 0 bridgehead atoms. The minimum atomic E-state index is -0.263. The Morgan fingerprint density at radius 1 is 1.15 bits per heavy atom. The normalized spacial score (nSPS) is 14.3. The van der Waals surface area contributed by atoms with Gasteiger partial charge in [0.25, 0.3) is 0 Å². The molecular weight excluding hydrogens is 360 g/mol. The van der Waals surface area contributed by atoms with Crippen molar-refractivity contribution in [1.82, 2.24) is 9.88 Å². The van der Waals surface area contributed by atoms with Crippen molar-refractivity contribution in [2.24, 2.45) is 0 Å². The van der Waals surface area contributed by atoms with Crippen molar-refractivity contribution >= 4 is 27.6 Å². The minimum Gasteiger partial charge on any atom is -0.486 e. The second kappa shape index (κ2) is 7.96. The van der Waals surface area contributed by atoms with Gasteiger partial charge in [-0.3, -0.25) is 0 Å². The SMILES string of the molecule is Cc1cc(OCc2nc3ccccc3s2)ccc1OC(=O)N1CCCCC1. The fourth-order valence-corrected chi connectivity index (χ4v) is 4.07. The van der Waals surface area contributed by atoms with E-state index in [4.69, 9.17) is 9.47 Å². The molecule has 2 aromatic carbocycles. The number of thiazole rings is 1. The van der Waals surface area contributed by atoms with Crippen LogP contribution in [-0.2, 0) is 6.61 Å². The van der Waals surface area contributed by atoms with Gasteiger partial charge in [0.05, 0.1) is 10.2 Å². The third-order valence-electron chi connectivity index (χ3n) is 4.66. The number of nitrogens with zero attached hydrogens (tertiary/aromatic N) is 2. The second-order valence-corrected chi connectivity index (χ2v) is 7.82. The molecule has 1 amide bonds. The topological polar surface area (TPSA) is 51.7 Å². The van der Waals surface area contributed by atoms with Crippen molar-refractivity contribution < 1.29 is 14.3 Å². The zero-order valence-electron chi connectivity index (χ0n) is 15.3. The Kier molecular flexibility index (Phi) is 5.25. The molecule has 1 aliphatic heterocycles. The van der Waals surface area contributed by atoms with E-state index in [9.17, 15) is 4.79 Å². The summed E-state index contributed by atoms with van der Waals surface area (Å²) >= 11 is 1.64. The summed E-state index contributed by atoms with van der Waals surface area (Å²) in [6.07, 6.45) is 3.02. The number of aromatic nitrogens is 1. The summed E-state index contributed by atoms with van der Waals surface area (Å²) in [5.74, 6) is 1.32. The first-order valence-corrected chi connectivity index (χ1v) is 10.1. The zero-order chi connectivity index (χ0) is 18.6. The maximum atomic E-state index is 12.3. The molecule has 1 saturated heterocycles. The first-order valence-electron chi connectivity index (χ1n) is 9.24. The number of likely N-dealkylation sites (tertiary alicyclic amines) is 1. The fourth-order valence-electron chi connectivity index (χ4n) is 3.19. The Morgan fingerprint density at radius 2 is 1.96 bits per heavy atom. The molecule has 1 aromatic heterocycles. The van der Waals surface area contributed by atoms with Crippen LogP contribution >= 0.6 is 11.3 Å². The van der Waals surface area contributed by atoms with Crippen molar-refractivity contribution in [2.45, 2.75) is 32.8 Å². The number of ether oxygens (including phenoxy) is 2. The van der Waals surface area contributed by atoms with Gasteiger partial charge in [0.15, 0.2) is 0 Å². The predicted octanol–water partition coefficient (Wildman–Crippen LogP) is 5.17. The molecule has 0 unspecified atom stereocenters. The molecule has 0 spiro atoms. The van der Waals surface area contributed by atoms with Crippen LogP contribution in [0.2, 0.25) is 0 Å². The number of para-hydroxylation sites is 1. The third-order valence-corrected chi connectivity index (χ3v) is 5.67. The van der Waals surface area contributed by atoms with Crippen LogP contribution in [0.1, 0.15) is 29.8 Å². The highest BCUT2D eigenvalue weighted by Crippen LogP contribution is 2.27. The Hall–Kier alpha value is -2.60. The van der Waals surface area contributed by atoms with Crippen LogP contribution in [-0.4, -0.2) is 29.1 Å². The molecule has 2 heterocycles. The van der Waals surface area contributed by atoms with Crippen molar-refractivity contribution in [3.8, 4) is 11.5 Å². The number of carbonyl (C=O) groups excluding carboxylic acids is 1. The lowest BCUT2D eigenvalue weighted by atomic mass is 10.1. The van der Waals surface area contributed by atoms with Gasteiger partial charge >= 0.3 is 6.09 Å². The van der Waals surface area contributed by atoms with Crippen LogP contribution in [0, 0.1) is 6.92 Å². The molecular formula is C21H22N2O3S. The van der Waals surface area contributed by atoms with Gasteiger partial charge in [-0.2, -0.15) is 0 Å². The highest BCUT2D eigenvalue weighted by atomic mass is 32.1. The van der Waals surface area contributed by atoms with Gasteiger partial charge in [-0.25, -0.2) is 9.78 Å². The van der Waals surface area contributed by atoms with Crippen LogP contribution in [0.25, 0.3) is 10.2 Å². The summed E-state index contributed by atoms with van der Waals surface area (Å²) in [6.45, 7) is 3.90. The van der Waals surface area contributed by atoms with Gasteiger partial charge in [-0.15, -0.1) is 11.3 Å². The lowest BCUT2D eigenvalue weighted by Gasteiger charge is -2.26. The third kappa shape index (κ3) is 4.22. The van der Waals surface area contributed by atoms with Gasteiger partial charge in [0, 0.05) is 13.1 Å². The molecule has 0 atom stereocenters. The Balaban J connectivity index is 1.38. The lowest BCUT2D eigenvalue weighted by molar-refractivity contribution is 0.142. The molecule has 1 aliphatic rings. The Labute approximate surface area is 162 Å². The number of hydrogen-bond acceptors (Lipinski definition) is 5. The number of piperidine rings is 1. The van der Waals surface area contributed by atoms with Gasteiger partial charge in [-0.1, -0.05) is 12.1 Å². The van der Waals surface area contributed by atoms with Crippen LogP contribution in [0.4, 0.5) is 4.79 Å². The lowest BCUT2D eigenvalue weighted by Crippen LogP contribution is -2.37. The van der Waals surface area contributed by atoms with Gasteiger partial charge in [0.1, 0.15) is 23.1 Å². The molecule has 6 heteroatoms. The van der Waals surface area contributed by atoms with Crippen LogP contribution in [0.5, 0.6) is 11.5 Å². The number of rotatable bonds is 4. The first-order chi connectivity index (χ1) is 13.2. The van der Waals surface area contributed by atoms with E-state index in [1.54, 1.807) is 22.3 Å². The van der Waals surface area contributed by atoms with Crippen molar-refractivity contribution in [1.29, 1.82) is 0 Å². The summed E-state index contributed by atoms with van der Waals surface area (Å²) in [6, 6.07) is 13.6. The molecule has 1 fully saturated rings. The van der Waals surface area contributed by atoms with Crippen LogP contribution in [0.3, 0.4) is 0 Å². The average Bonchev–Trinajstić information content (AvgIpc) is 3.12. The van der Waals surface area contributed by atoms with Gasteiger partial charge in [0.2, 0.25) is 0 Å². The molecule has 0 aliphatic carbocycles. The maximum absolute atomic E-state index is 12.3. The van der Waals surface area contributed by atoms with E-state index in [2.05, 4.69) is 11.1 Å². The molecule has 0 N–H and O–H groups in total.